The fourth-order valence-electron chi connectivity index (χ4n) is 2.75. The van der Waals surface area contributed by atoms with Gasteiger partial charge in [0.2, 0.25) is 0 Å². The summed E-state index contributed by atoms with van der Waals surface area (Å²) >= 11 is 0. The fourth-order valence-corrected chi connectivity index (χ4v) is 2.75. The molecule has 2 aromatic rings. The number of rotatable bonds is 10. The Morgan fingerprint density at radius 2 is 1.67 bits per heavy atom. The van der Waals surface area contributed by atoms with Crippen LogP contribution >= 0.6 is 0 Å². The Bertz CT molecular complexity index is 888. The first-order chi connectivity index (χ1) is 14.2. The van der Waals surface area contributed by atoms with Gasteiger partial charge in [0, 0.05) is 6.54 Å². The molecule has 0 heterocycles. The summed E-state index contributed by atoms with van der Waals surface area (Å²) in [5.74, 6) is 4.61. The van der Waals surface area contributed by atoms with Gasteiger partial charge >= 0.3 is 5.97 Å². The molecule has 0 atom stereocenters. The van der Waals surface area contributed by atoms with Gasteiger partial charge < -0.3 is 21.0 Å². The Hall–Kier alpha value is -3.35. The van der Waals surface area contributed by atoms with E-state index in [0.717, 1.165) is 17.5 Å². The van der Waals surface area contributed by atoms with E-state index in [0.29, 0.717) is 30.8 Å². The zero-order valence-corrected chi connectivity index (χ0v) is 17.6. The van der Waals surface area contributed by atoms with E-state index >= 15 is 0 Å². The van der Waals surface area contributed by atoms with Gasteiger partial charge in [-0.3, -0.25) is 4.79 Å². The van der Waals surface area contributed by atoms with Crippen molar-refractivity contribution in [3.63, 3.8) is 0 Å². The molecule has 0 fully saturated rings. The summed E-state index contributed by atoms with van der Waals surface area (Å²) in [7, 11) is 0. The number of carboxylic acid groups (broad SMARTS) is 1. The van der Waals surface area contributed by atoms with E-state index in [1.165, 1.54) is 19.4 Å². The van der Waals surface area contributed by atoms with Crippen LogP contribution in [0.2, 0.25) is 0 Å². The molecule has 7 nitrogen and oxygen atoms in total. The minimum Gasteiger partial charge on any atom is -0.478 e. The van der Waals surface area contributed by atoms with Gasteiger partial charge in [0.15, 0.2) is 5.60 Å². The molecular formula is C23H29N3O4. The van der Waals surface area contributed by atoms with Crippen LogP contribution in [0.5, 0.6) is 5.75 Å². The standard InChI is InChI=1S/C23H29N3O4/c1-16-7-9-18(10-8-16)15-25-21(27)20(26-24)6-4-5-17-11-13-19(14-12-17)30-23(2,3)22(28)29/h7-14H,4-6,15,24H2,1-3H3,(H,25,27)(H,28,29)/b26-20-. The molecule has 160 valence electrons. The largest absolute Gasteiger partial charge is 0.478 e. The second-order valence-corrected chi connectivity index (χ2v) is 7.66. The van der Waals surface area contributed by atoms with Crippen LogP contribution in [0.15, 0.2) is 53.6 Å². The SMILES string of the molecule is Cc1ccc(CNC(=O)/C(CCCc2ccc(OC(C)(C)C(=O)O)cc2)=N\N)cc1. The number of hydrazone groups is 1. The van der Waals surface area contributed by atoms with Crippen LogP contribution in [0.4, 0.5) is 0 Å². The van der Waals surface area contributed by atoms with Crippen LogP contribution in [0.25, 0.3) is 0 Å². The number of hydrogen-bond donors (Lipinski definition) is 3. The van der Waals surface area contributed by atoms with E-state index in [1.54, 1.807) is 12.1 Å². The number of nitrogens with two attached hydrogens (primary N) is 1. The number of carbonyl (C=O) groups is 2. The smallest absolute Gasteiger partial charge is 0.347 e. The van der Waals surface area contributed by atoms with Crippen LogP contribution in [-0.2, 0) is 22.6 Å². The van der Waals surface area contributed by atoms with Gasteiger partial charge in [-0.2, -0.15) is 5.10 Å². The van der Waals surface area contributed by atoms with Crippen molar-refractivity contribution >= 4 is 17.6 Å². The predicted molar refractivity (Wildman–Crippen MR) is 116 cm³/mol. The molecule has 0 spiro atoms. The third-order valence-corrected chi connectivity index (χ3v) is 4.68. The Balaban J connectivity index is 1.80. The van der Waals surface area contributed by atoms with Crippen LogP contribution < -0.4 is 15.9 Å². The van der Waals surface area contributed by atoms with Crippen molar-refractivity contribution in [1.82, 2.24) is 5.32 Å². The molecule has 0 aliphatic heterocycles. The number of nitrogens with zero attached hydrogens (tertiary/aromatic N) is 1. The topological polar surface area (TPSA) is 114 Å². The summed E-state index contributed by atoms with van der Waals surface area (Å²) in [5.41, 5.74) is 2.25. The highest BCUT2D eigenvalue weighted by atomic mass is 16.5. The minimum atomic E-state index is -1.29. The van der Waals surface area contributed by atoms with Crippen molar-refractivity contribution in [2.24, 2.45) is 10.9 Å². The molecule has 0 unspecified atom stereocenters. The molecule has 30 heavy (non-hydrogen) atoms. The second-order valence-electron chi connectivity index (χ2n) is 7.66. The van der Waals surface area contributed by atoms with Gasteiger partial charge in [-0.25, -0.2) is 4.79 Å². The zero-order chi connectivity index (χ0) is 22.1. The monoisotopic (exact) mass is 411 g/mol. The summed E-state index contributed by atoms with van der Waals surface area (Å²) in [6, 6.07) is 15.2. The van der Waals surface area contributed by atoms with E-state index in [-0.39, 0.29) is 5.91 Å². The average Bonchev–Trinajstić information content (AvgIpc) is 2.71. The molecule has 0 aliphatic rings. The molecule has 0 saturated heterocycles. The van der Waals surface area contributed by atoms with Gasteiger partial charge in [-0.1, -0.05) is 42.0 Å². The summed E-state index contributed by atoms with van der Waals surface area (Å²) in [6.45, 7) is 5.44. The second kappa shape index (κ2) is 10.4. The first-order valence-corrected chi connectivity index (χ1v) is 9.83. The van der Waals surface area contributed by atoms with Crippen molar-refractivity contribution < 1.29 is 19.4 Å². The van der Waals surface area contributed by atoms with E-state index in [9.17, 15) is 9.59 Å². The van der Waals surface area contributed by atoms with Crippen molar-refractivity contribution in [2.75, 3.05) is 0 Å². The summed E-state index contributed by atoms with van der Waals surface area (Å²) in [5, 5.41) is 15.6. The number of hydrogen-bond acceptors (Lipinski definition) is 5. The normalized spacial score (nSPS) is 11.8. The van der Waals surface area contributed by atoms with Crippen molar-refractivity contribution in [2.45, 2.75) is 52.2 Å². The molecule has 0 radical (unpaired) electrons. The lowest BCUT2D eigenvalue weighted by Crippen LogP contribution is -2.37. The molecule has 0 bridgehead atoms. The molecule has 0 saturated carbocycles. The zero-order valence-electron chi connectivity index (χ0n) is 17.6. The van der Waals surface area contributed by atoms with Crippen molar-refractivity contribution in [3.8, 4) is 5.75 Å². The molecule has 7 heteroatoms. The van der Waals surface area contributed by atoms with Crippen LogP contribution in [-0.4, -0.2) is 28.3 Å². The van der Waals surface area contributed by atoms with E-state index in [1.807, 2.05) is 43.3 Å². The lowest BCUT2D eigenvalue weighted by Gasteiger charge is -2.21. The molecular weight excluding hydrogens is 382 g/mol. The van der Waals surface area contributed by atoms with Gasteiger partial charge in [0.05, 0.1) is 0 Å². The van der Waals surface area contributed by atoms with Crippen molar-refractivity contribution in [1.29, 1.82) is 0 Å². The Labute approximate surface area is 176 Å². The number of carbonyl (C=O) groups excluding carboxylic acids is 1. The average molecular weight is 412 g/mol. The van der Waals surface area contributed by atoms with Crippen LogP contribution in [0.1, 0.15) is 43.4 Å². The number of ether oxygens (including phenoxy) is 1. The third-order valence-electron chi connectivity index (χ3n) is 4.68. The first kappa shape index (κ1) is 22.9. The van der Waals surface area contributed by atoms with Gasteiger partial charge in [-0.15, -0.1) is 0 Å². The van der Waals surface area contributed by atoms with E-state index < -0.39 is 11.6 Å². The number of amides is 1. The first-order valence-electron chi connectivity index (χ1n) is 9.83. The van der Waals surface area contributed by atoms with Gasteiger partial charge in [-0.05, 0) is 63.3 Å². The number of aliphatic carboxylic acids is 1. The summed E-state index contributed by atoms with van der Waals surface area (Å²) in [4.78, 5) is 23.4. The quantitative estimate of drug-likeness (QED) is 0.316. The third kappa shape index (κ3) is 6.92. The molecule has 2 rings (SSSR count). The Morgan fingerprint density at radius 1 is 1.07 bits per heavy atom. The van der Waals surface area contributed by atoms with Gasteiger partial charge in [0.1, 0.15) is 11.5 Å². The summed E-state index contributed by atoms with van der Waals surface area (Å²) < 4.78 is 5.49. The number of aryl methyl sites for hydroxylation is 2. The highest BCUT2D eigenvalue weighted by Gasteiger charge is 2.29. The lowest BCUT2D eigenvalue weighted by atomic mass is 10.1. The molecule has 0 aliphatic carbocycles. The molecule has 1 amide bonds. The molecule has 0 aromatic heterocycles. The number of benzene rings is 2. The Morgan fingerprint density at radius 3 is 2.23 bits per heavy atom. The highest BCUT2D eigenvalue weighted by Crippen LogP contribution is 2.20. The van der Waals surface area contributed by atoms with Crippen molar-refractivity contribution in [3.05, 3.63) is 65.2 Å². The van der Waals surface area contributed by atoms with E-state index in [2.05, 4.69) is 10.4 Å². The molecule has 4 N–H and O–H groups in total. The maximum atomic E-state index is 12.3. The van der Waals surface area contributed by atoms with Crippen LogP contribution in [0.3, 0.4) is 0 Å². The maximum Gasteiger partial charge on any atom is 0.347 e. The highest BCUT2D eigenvalue weighted by molar-refractivity contribution is 6.38. The minimum absolute atomic E-state index is 0.266. The number of nitrogens with one attached hydrogen (secondary N) is 1. The van der Waals surface area contributed by atoms with Gasteiger partial charge in [0.25, 0.3) is 5.91 Å². The predicted octanol–water partition coefficient (Wildman–Crippen LogP) is 3.19. The lowest BCUT2D eigenvalue weighted by molar-refractivity contribution is -0.152. The maximum absolute atomic E-state index is 12.3. The molecule has 2 aromatic carbocycles. The summed E-state index contributed by atoms with van der Waals surface area (Å²) in [6.07, 6.45) is 1.89. The fraction of sp³-hybridized carbons (Fsp3) is 0.348. The van der Waals surface area contributed by atoms with E-state index in [4.69, 9.17) is 15.7 Å². The Kier molecular flexibility index (Phi) is 7.98. The van der Waals surface area contributed by atoms with Crippen LogP contribution in [0, 0.1) is 6.92 Å². The number of carboxylic acids is 1.